The molecule has 0 aromatic rings. The van der Waals surface area contributed by atoms with E-state index < -0.39 is 161 Å². The molecule has 0 aliphatic carbocycles. The highest BCUT2D eigenvalue weighted by molar-refractivity contribution is 6.00. The minimum Gasteiger partial charge on any atom is -0.370 e. The first kappa shape index (κ1) is 79.6. The van der Waals surface area contributed by atoms with Crippen molar-refractivity contribution < 1.29 is 57.5 Å². The van der Waals surface area contributed by atoms with E-state index in [2.05, 4.69) is 32.2 Å². The molecule has 92 heavy (non-hydrogen) atoms. The Labute approximate surface area is 549 Å². The molecular formula is C67H115N13O12. The number of allylic oxidation sites excluding steroid dienone is 2. The third kappa shape index (κ3) is 20.2. The summed E-state index contributed by atoms with van der Waals surface area (Å²) in [5.41, 5.74) is 0. The van der Waals surface area contributed by atoms with Crippen LogP contribution in [0.3, 0.4) is 0 Å². The third-order valence-corrected chi connectivity index (χ3v) is 18.8. The molecule has 520 valence electrons. The molecule has 4 N–H and O–H groups in total. The van der Waals surface area contributed by atoms with Crippen molar-refractivity contribution in [2.75, 3.05) is 69.0 Å². The van der Waals surface area contributed by atoms with Crippen LogP contribution in [-0.4, -0.2) is 252 Å². The van der Waals surface area contributed by atoms with Crippen molar-refractivity contribution in [2.24, 2.45) is 41.4 Å². The van der Waals surface area contributed by atoms with Crippen LogP contribution in [0.5, 0.6) is 0 Å². The number of piperidine rings is 1. The lowest BCUT2D eigenvalue weighted by Crippen LogP contribution is -2.63. The molecule has 0 radical (unpaired) electrons. The van der Waals surface area contributed by atoms with Gasteiger partial charge in [-0.05, 0) is 128 Å². The Bertz CT molecular complexity index is 2650. The number of rotatable bonds is 14. The zero-order valence-corrected chi connectivity index (χ0v) is 59.7. The van der Waals surface area contributed by atoms with Gasteiger partial charge in [0.2, 0.25) is 65.0 Å². The first-order valence-corrected chi connectivity index (χ1v) is 33.3. The van der Waals surface area contributed by atoms with Gasteiger partial charge in [-0.1, -0.05) is 88.3 Å². The van der Waals surface area contributed by atoms with Crippen LogP contribution in [0.4, 0.5) is 0 Å². The second kappa shape index (κ2) is 35.6. The number of nitriles is 1. The summed E-state index contributed by atoms with van der Waals surface area (Å²) in [6.07, 6.45) is 3.90. The van der Waals surface area contributed by atoms with Gasteiger partial charge in [0.15, 0.2) is 0 Å². The van der Waals surface area contributed by atoms with E-state index in [0.29, 0.717) is 38.9 Å². The fraction of sp³-hybridized carbons (Fsp3) is 0.791. The summed E-state index contributed by atoms with van der Waals surface area (Å²) in [5, 5.41) is 20.9. The first-order valence-electron chi connectivity index (χ1n) is 33.3. The SMILES string of the molecule is CC=CCC(C)C1OC(C)C2C(=O)N(C)C1C(=O)NC(CC)C(=O)N(C)C(C)C(=O)N(C)C(C(C)CN1CCC(C#N)CC1)C(=O)NC(C(C)C)C(=O)N(C)C(CC(C)C)C(=O)NC(C)C(=O)NC(C)C(=O)N(C)C(CC(C)C)C(=O)N(C)C(CC(C)C)C(=O)N2C. The van der Waals surface area contributed by atoms with Gasteiger partial charge in [0, 0.05) is 61.8 Å². The predicted molar refractivity (Wildman–Crippen MR) is 351 cm³/mol. The summed E-state index contributed by atoms with van der Waals surface area (Å²) in [6, 6.07) is -11.2. The Morgan fingerprint density at radius 3 is 1.51 bits per heavy atom. The molecule has 25 nitrogen and oxygen atoms in total. The smallest absolute Gasteiger partial charge is 0.248 e. The molecule has 0 spiro atoms. The quantitative estimate of drug-likeness (QED) is 0.182. The number of hydrogen-bond acceptors (Lipinski definition) is 14. The standard InChI is InChI=1S/C67H115N13O12/c1-24-26-27-41(11)56-55-60(84)71-48(25-2)63(87)73(17)45(15)62(86)77(21)53(42(12)36-80-30-28-47(35-68)29-31-80)59(83)72-52(40(9)10)66(90)74(18)49(32-37(3)4)58(82)69-43(13)57(81)70-44(14)61(85)75(19)50(33-38(5)6)64(88)76(20)51(34-39(7)8)65(89)78(22)54(46(16)92-56)67(91)79(55)23/h24,26,37-56H,25,27-34,36H2,1-23H3,(H,69,82)(H,70,81)(H,71,84)(H,72,83). The minimum absolute atomic E-state index is 0.0494. The van der Waals surface area contributed by atoms with E-state index >= 15 is 28.8 Å². The molecule has 2 bridgehead atoms. The maximum atomic E-state index is 15.2. The number of nitrogens with one attached hydrogen (secondary N) is 4. The molecule has 11 amide bonds. The molecule has 0 aromatic carbocycles. The van der Waals surface area contributed by atoms with Crippen LogP contribution in [0.2, 0.25) is 0 Å². The van der Waals surface area contributed by atoms with Gasteiger partial charge in [-0.3, -0.25) is 52.7 Å². The average molecular weight is 1290 g/mol. The number of hydrogen-bond donors (Lipinski definition) is 4. The van der Waals surface area contributed by atoms with E-state index in [1.165, 1.54) is 104 Å². The van der Waals surface area contributed by atoms with Gasteiger partial charge in [-0.25, -0.2) is 0 Å². The molecule has 0 aromatic heterocycles. The van der Waals surface area contributed by atoms with Gasteiger partial charge < -0.3 is 65.2 Å². The fourth-order valence-electron chi connectivity index (χ4n) is 12.8. The summed E-state index contributed by atoms with van der Waals surface area (Å²) >= 11 is 0. The van der Waals surface area contributed by atoms with Gasteiger partial charge in [0.05, 0.1) is 18.3 Å². The normalized spacial score (nSPS) is 30.0. The lowest BCUT2D eigenvalue weighted by Gasteiger charge is -2.40. The van der Waals surface area contributed by atoms with Gasteiger partial charge in [-0.2, -0.15) is 5.26 Å². The second-order valence-electron chi connectivity index (χ2n) is 28.0. The molecule has 25 heteroatoms. The zero-order valence-electron chi connectivity index (χ0n) is 59.7. The molecule has 3 heterocycles. The van der Waals surface area contributed by atoms with Crippen molar-refractivity contribution in [1.82, 2.24) is 60.5 Å². The first-order chi connectivity index (χ1) is 42.8. The van der Waals surface area contributed by atoms with Gasteiger partial charge in [0.25, 0.3) is 0 Å². The van der Waals surface area contributed by atoms with Crippen LogP contribution in [0, 0.1) is 52.8 Å². The molecule has 3 saturated heterocycles. The summed E-state index contributed by atoms with van der Waals surface area (Å²) in [6.45, 7) is 29.5. The summed E-state index contributed by atoms with van der Waals surface area (Å²) < 4.78 is 6.79. The van der Waals surface area contributed by atoms with Crippen LogP contribution in [0.1, 0.15) is 156 Å². The van der Waals surface area contributed by atoms with Crippen LogP contribution >= 0.6 is 0 Å². The van der Waals surface area contributed by atoms with Crippen LogP contribution < -0.4 is 21.3 Å². The van der Waals surface area contributed by atoms with E-state index in [1.54, 1.807) is 27.7 Å². The highest BCUT2D eigenvalue weighted by atomic mass is 16.5. The lowest BCUT2D eigenvalue weighted by molar-refractivity contribution is -0.155. The van der Waals surface area contributed by atoms with Crippen LogP contribution in [0.15, 0.2) is 12.2 Å². The van der Waals surface area contributed by atoms with Crippen LogP contribution in [0.25, 0.3) is 0 Å². The molecule has 3 aliphatic rings. The fourth-order valence-corrected chi connectivity index (χ4v) is 12.8. The average Bonchev–Trinajstić information content (AvgIpc) is 1.55. The monoisotopic (exact) mass is 1290 g/mol. The summed E-state index contributed by atoms with van der Waals surface area (Å²) in [7, 11) is 10.1. The topological polar surface area (TPSA) is 295 Å². The summed E-state index contributed by atoms with van der Waals surface area (Å²) in [5.74, 6) is -9.34. The molecule has 0 saturated carbocycles. The van der Waals surface area contributed by atoms with E-state index in [4.69, 9.17) is 4.74 Å². The third-order valence-electron chi connectivity index (χ3n) is 18.8. The van der Waals surface area contributed by atoms with Crippen molar-refractivity contribution in [2.45, 2.75) is 234 Å². The van der Waals surface area contributed by atoms with Gasteiger partial charge >= 0.3 is 0 Å². The molecular weight excluding hydrogens is 1180 g/mol. The lowest BCUT2D eigenvalue weighted by atomic mass is 9.92. The van der Waals surface area contributed by atoms with Crippen molar-refractivity contribution in [3.63, 3.8) is 0 Å². The number of likely N-dealkylation sites (tertiary alicyclic amines) is 1. The van der Waals surface area contributed by atoms with Crippen molar-refractivity contribution in [3.05, 3.63) is 12.2 Å². The Kier molecular flexibility index (Phi) is 30.7. The number of nitrogens with zero attached hydrogens (tertiary/aromatic N) is 9. The van der Waals surface area contributed by atoms with E-state index in [0.717, 1.165) is 0 Å². The summed E-state index contributed by atoms with van der Waals surface area (Å²) in [4.78, 5) is 174. The maximum absolute atomic E-state index is 15.2. The van der Waals surface area contributed by atoms with E-state index in [9.17, 15) is 29.2 Å². The van der Waals surface area contributed by atoms with Gasteiger partial charge in [-0.15, -0.1) is 0 Å². The number of fused-ring (bicyclic) bond motifs is 3. The molecule has 3 rings (SSSR count). The number of ether oxygens (including phenoxy) is 1. The molecule has 3 fully saturated rings. The Morgan fingerprint density at radius 1 is 0.522 bits per heavy atom. The molecule has 15 atom stereocenters. The Balaban J connectivity index is 2.34. The van der Waals surface area contributed by atoms with Crippen molar-refractivity contribution in [1.29, 1.82) is 5.26 Å². The number of carbonyl (C=O) groups excluding carboxylic acids is 11. The van der Waals surface area contributed by atoms with E-state index in [-0.39, 0.29) is 49.4 Å². The minimum atomic E-state index is -1.35. The van der Waals surface area contributed by atoms with Gasteiger partial charge in [0.1, 0.15) is 66.5 Å². The largest absolute Gasteiger partial charge is 0.370 e. The number of carbonyl (C=O) groups is 11. The van der Waals surface area contributed by atoms with Crippen molar-refractivity contribution in [3.8, 4) is 6.07 Å². The highest BCUT2D eigenvalue weighted by Gasteiger charge is 2.51. The van der Waals surface area contributed by atoms with Crippen molar-refractivity contribution >= 4 is 65.0 Å². The number of amides is 11. The Hall–Kier alpha value is -6.68. The molecule has 15 unspecified atom stereocenters. The van der Waals surface area contributed by atoms with Crippen LogP contribution in [-0.2, 0) is 57.5 Å². The zero-order chi connectivity index (χ0) is 70.2. The maximum Gasteiger partial charge on any atom is 0.248 e. The molecule has 3 aliphatic heterocycles. The second-order valence-corrected chi connectivity index (χ2v) is 28.0. The highest BCUT2D eigenvalue weighted by Crippen LogP contribution is 2.31. The Morgan fingerprint density at radius 2 is 1.01 bits per heavy atom. The predicted octanol–water partition coefficient (Wildman–Crippen LogP) is 3.25. The number of likely N-dealkylation sites (N-methyl/N-ethyl adjacent to an activating group) is 7. The van der Waals surface area contributed by atoms with E-state index in [1.807, 2.05) is 74.5 Å².